The lowest BCUT2D eigenvalue weighted by Gasteiger charge is -2.41. The average molecular weight is 293 g/mol. The van der Waals surface area contributed by atoms with Crippen molar-refractivity contribution in [2.45, 2.75) is 85.3 Å². The molecule has 0 aromatic carbocycles. The van der Waals surface area contributed by atoms with Crippen LogP contribution in [0.25, 0.3) is 0 Å². The van der Waals surface area contributed by atoms with E-state index in [0.717, 1.165) is 43.8 Å². The molecular formula is C17H31N3O. The molecule has 21 heavy (non-hydrogen) atoms. The van der Waals surface area contributed by atoms with Crippen LogP contribution < -0.4 is 0 Å². The van der Waals surface area contributed by atoms with Crippen LogP contribution >= 0.6 is 0 Å². The summed E-state index contributed by atoms with van der Waals surface area (Å²) < 4.78 is 2.03. The normalized spacial score (nSPS) is 27.0. The van der Waals surface area contributed by atoms with E-state index in [9.17, 15) is 5.11 Å². The highest BCUT2D eigenvalue weighted by Gasteiger charge is 2.38. The molecule has 1 heterocycles. The fraction of sp³-hybridized carbons (Fsp3) is 0.882. The van der Waals surface area contributed by atoms with Crippen molar-refractivity contribution in [3.63, 3.8) is 0 Å². The Kier molecular flexibility index (Phi) is 5.07. The molecule has 4 heteroatoms. The van der Waals surface area contributed by atoms with Crippen molar-refractivity contribution in [1.29, 1.82) is 0 Å². The summed E-state index contributed by atoms with van der Waals surface area (Å²) in [6.45, 7) is 11.2. The predicted octanol–water partition coefficient (Wildman–Crippen LogP) is 3.54. The molecular weight excluding hydrogens is 262 g/mol. The Morgan fingerprint density at radius 1 is 1.19 bits per heavy atom. The molecule has 0 aliphatic heterocycles. The van der Waals surface area contributed by atoms with Gasteiger partial charge >= 0.3 is 0 Å². The van der Waals surface area contributed by atoms with Crippen LogP contribution in [0.1, 0.15) is 78.0 Å². The molecule has 1 aliphatic rings. The molecule has 3 unspecified atom stereocenters. The van der Waals surface area contributed by atoms with Gasteiger partial charge in [0, 0.05) is 12.8 Å². The van der Waals surface area contributed by atoms with Gasteiger partial charge in [0.25, 0.3) is 0 Å². The highest BCUT2D eigenvalue weighted by molar-refractivity contribution is 4.98. The molecule has 1 aliphatic carbocycles. The zero-order valence-corrected chi connectivity index (χ0v) is 14.3. The molecule has 2 rings (SSSR count). The SMILES string of the molecule is CCc1nc(CC)n(C2CC(C(C)(C)CC)CCC2O)n1. The van der Waals surface area contributed by atoms with Crippen molar-refractivity contribution in [3.05, 3.63) is 11.6 Å². The molecule has 0 spiro atoms. The minimum Gasteiger partial charge on any atom is -0.391 e. The van der Waals surface area contributed by atoms with E-state index in [1.165, 1.54) is 6.42 Å². The van der Waals surface area contributed by atoms with Gasteiger partial charge in [0.05, 0.1) is 12.1 Å². The van der Waals surface area contributed by atoms with Gasteiger partial charge in [-0.1, -0.05) is 41.0 Å². The first-order valence-electron chi connectivity index (χ1n) is 8.55. The standard InChI is InChI=1S/C17H31N3O/c1-6-15-18-16(7-2)20(19-15)13-11-12(9-10-14(13)21)17(4,5)8-3/h12-14,21H,6-11H2,1-5H3. The number of hydrogen-bond acceptors (Lipinski definition) is 3. The highest BCUT2D eigenvalue weighted by atomic mass is 16.3. The van der Waals surface area contributed by atoms with Gasteiger partial charge in [-0.15, -0.1) is 0 Å². The Morgan fingerprint density at radius 2 is 1.90 bits per heavy atom. The third-order valence-electron chi connectivity index (χ3n) is 5.49. The van der Waals surface area contributed by atoms with E-state index in [2.05, 4.69) is 44.7 Å². The van der Waals surface area contributed by atoms with Crippen LogP contribution in [0.3, 0.4) is 0 Å². The first-order valence-corrected chi connectivity index (χ1v) is 8.55. The van der Waals surface area contributed by atoms with Crippen molar-refractivity contribution >= 4 is 0 Å². The fourth-order valence-corrected chi connectivity index (χ4v) is 3.45. The number of aromatic nitrogens is 3. The monoisotopic (exact) mass is 293 g/mol. The molecule has 0 amide bonds. The smallest absolute Gasteiger partial charge is 0.150 e. The van der Waals surface area contributed by atoms with E-state index in [0.29, 0.717) is 11.3 Å². The van der Waals surface area contributed by atoms with Crippen LogP contribution in [0.5, 0.6) is 0 Å². The van der Waals surface area contributed by atoms with Gasteiger partial charge in [-0.25, -0.2) is 9.67 Å². The number of aliphatic hydroxyl groups is 1. The maximum Gasteiger partial charge on any atom is 0.150 e. The van der Waals surface area contributed by atoms with Crippen molar-refractivity contribution in [3.8, 4) is 0 Å². The maximum atomic E-state index is 10.5. The van der Waals surface area contributed by atoms with Crippen LogP contribution in [-0.4, -0.2) is 26.0 Å². The second kappa shape index (κ2) is 6.47. The van der Waals surface area contributed by atoms with Gasteiger partial charge in [-0.2, -0.15) is 5.10 Å². The van der Waals surface area contributed by atoms with Gasteiger partial charge in [0.15, 0.2) is 5.82 Å². The lowest BCUT2D eigenvalue weighted by atomic mass is 9.68. The third-order valence-corrected chi connectivity index (χ3v) is 5.49. The summed E-state index contributed by atoms with van der Waals surface area (Å²) in [7, 11) is 0. The number of rotatable bonds is 5. The molecule has 3 atom stereocenters. The first-order chi connectivity index (χ1) is 9.92. The van der Waals surface area contributed by atoms with Gasteiger partial charge < -0.3 is 5.11 Å². The Balaban J connectivity index is 2.26. The van der Waals surface area contributed by atoms with Crippen molar-refractivity contribution < 1.29 is 5.11 Å². The van der Waals surface area contributed by atoms with E-state index in [-0.39, 0.29) is 12.1 Å². The largest absolute Gasteiger partial charge is 0.391 e. The van der Waals surface area contributed by atoms with Crippen LogP contribution in [0.2, 0.25) is 0 Å². The molecule has 1 saturated carbocycles. The minimum absolute atomic E-state index is 0.0947. The highest BCUT2D eigenvalue weighted by Crippen LogP contribution is 2.44. The summed E-state index contributed by atoms with van der Waals surface area (Å²) in [5.74, 6) is 2.57. The van der Waals surface area contributed by atoms with E-state index in [1.54, 1.807) is 0 Å². The Labute approximate surface area is 129 Å². The second-order valence-corrected chi connectivity index (χ2v) is 7.08. The maximum absolute atomic E-state index is 10.5. The zero-order chi connectivity index (χ0) is 15.6. The second-order valence-electron chi connectivity index (χ2n) is 7.08. The average Bonchev–Trinajstić information content (AvgIpc) is 2.90. The Morgan fingerprint density at radius 3 is 2.48 bits per heavy atom. The minimum atomic E-state index is -0.286. The zero-order valence-electron chi connectivity index (χ0n) is 14.3. The summed E-state index contributed by atoms with van der Waals surface area (Å²) in [5.41, 5.74) is 0.332. The number of aryl methyl sites for hydroxylation is 2. The number of nitrogens with zero attached hydrogens (tertiary/aromatic N) is 3. The van der Waals surface area contributed by atoms with E-state index < -0.39 is 0 Å². The van der Waals surface area contributed by atoms with Gasteiger partial charge in [-0.05, 0) is 30.6 Å². The lowest BCUT2D eigenvalue weighted by Crippen LogP contribution is -2.38. The van der Waals surface area contributed by atoms with Crippen molar-refractivity contribution in [2.24, 2.45) is 11.3 Å². The summed E-state index contributed by atoms with van der Waals surface area (Å²) in [5, 5.41) is 15.2. The molecule has 120 valence electrons. The number of hydrogen-bond donors (Lipinski definition) is 1. The molecule has 0 bridgehead atoms. The van der Waals surface area contributed by atoms with Crippen LogP contribution in [0.15, 0.2) is 0 Å². The first kappa shape index (κ1) is 16.5. The lowest BCUT2D eigenvalue weighted by molar-refractivity contribution is 0.0134. The fourth-order valence-electron chi connectivity index (χ4n) is 3.45. The Bertz CT molecular complexity index is 467. The molecule has 1 aromatic rings. The van der Waals surface area contributed by atoms with E-state index in [4.69, 9.17) is 0 Å². The van der Waals surface area contributed by atoms with Crippen LogP contribution in [-0.2, 0) is 12.8 Å². The predicted molar refractivity (Wildman–Crippen MR) is 85.2 cm³/mol. The molecule has 0 saturated heterocycles. The third kappa shape index (κ3) is 3.31. The quantitative estimate of drug-likeness (QED) is 0.903. The molecule has 1 N–H and O–H groups in total. The molecule has 1 aromatic heterocycles. The van der Waals surface area contributed by atoms with Gasteiger partial charge in [0.1, 0.15) is 5.82 Å². The van der Waals surface area contributed by atoms with Crippen molar-refractivity contribution in [2.75, 3.05) is 0 Å². The summed E-state index contributed by atoms with van der Waals surface area (Å²) in [6, 6.07) is 0.0947. The number of aliphatic hydroxyl groups excluding tert-OH is 1. The van der Waals surface area contributed by atoms with Crippen LogP contribution in [0.4, 0.5) is 0 Å². The summed E-state index contributed by atoms with van der Waals surface area (Å²) in [4.78, 5) is 4.60. The topological polar surface area (TPSA) is 50.9 Å². The Hall–Kier alpha value is -0.900. The van der Waals surface area contributed by atoms with Gasteiger partial charge in [0.2, 0.25) is 0 Å². The molecule has 4 nitrogen and oxygen atoms in total. The van der Waals surface area contributed by atoms with Crippen molar-refractivity contribution in [1.82, 2.24) is 14.8 Å². The summed E-state index contributed by atoms with van der Waals surface area (Å²) in [6.07, 6.45) is 5.63. The molecule has 0 radical (unpaired) electrons. The van der Waals surface area contributed by atoms with Crippen LogP contribution in [0, 0.1) is 11.3 Å². The van der Waals surface area contributed by atoms with E-state index >= 15 is 0 Å². The molecule has 1 fully saturated rings. The summed E-state index contributed by atoms with van der Waals surface area (Å²) >= 11 is 0. The van der Waals surface area contributed by atoms with E-state index in [1.807, 2.05) is 4.68 Å². The van der Waals surface area contributed by atoms with Gasteiger partial charge in [-0.3, -0.25) is 0 Å².